The normalized spacial score (nSPS) is 13.5. The molecule has 0 aliphatic heterocycles. The molecule has 0 fully saturated rings. The molecule has 0 spiro atoms. The van der Waals surface area contributed by atoms with Gasteiger partial charge in [0.15, 0.2) is 0 Å². The van der Waals surface area contributed by atoms with Crippen LogP contribution in [0.2, 0.25) is 0 Å². The topological polar surface area (TPSA) is 81.4 Å². The number of benzene rings is 2. The Morgan fingerprint density at radius 2 is 1.61 bits per heavy atom. The quantitative estimate of drug-likeness (QED) is 0.628. The van der Waals surface area contributed by atoms with Gasteiger partial charge in [-0.3, -0.25) is 9.59 Å². The van der Waals surface area contributed by atoms with Crippen LogP contribution >= 0.6 is 12.4 Å². The van der Waals surface area contributed by atoms with Crippen LogP contribution in [0, 0.1) is 11.8 Å². The molecule has 3 atom stereocenters. The maximum atomic E-state index is 12.6. The Morgan fingerprint density at radius 1 is 1.04 bits per heavy atom. The highest BCUT2D eigenvalue weighted by Gasteiger charge is 2.25. The van der Waals surface area contributed by atoms with Gasteiger partial charge in [-0.15, -0.1) is 12.4 Å². The molecule has 3 unspecified atom stereocenters. The zero-order valence-corrected chi connectivity index (χ0v) is 17.2. The summed E-state index contributed by atoms with van der Waals surface area (Å²) in [6, 6.07) is 18.8. The zero-order valence-electron chi connectivity index (χ0n) is 16.3. The number of halogens is 1. The number of carbonyl (C=O) groups excluding carboxylic acids is 2. The molecule has 0 radical (unpaired) electrons. The fourth-order valence-corrected chi connectivity index (χ4v) is 2.91. The average Bonchev–Trinajstić information content (AvgIpc) is 2.71. The first-order valence-corrected chi connectivity index (χ1v) is 9.31. The van der Waals surface area contributed by atoms with E-state index in [1.807, 2.05) is 60.7 Å². The summed E-state index contributed by atoms with van der Waals surface area (Å²) in [6.07, 6.45) is 0.513. The Labute approximate surface area is 173 Å². The summed E-state index contributed by atoms with van der Waals surface area (Å²) in [6.45, 7) is 4.10. The fourth-order valence-electron chi connectivity index (χ4n) is 2.91. The molecule has 5 nitrogen and oxygen atoms in total. The maximum absolute atomic E-state index is 12.6. The largest absolute Gasteiger partial charge is 0.466 e. The molecule has 2 rings (SSSR count). The van der Waals surface area contributed by atoms with E-state index in [9.17, 15) is 9.59 Å². The Bertz CT molecular complexity index is 725. The molecule has 1 amide bonds. The number of carbonyl (C=O) groups is 2. The molecule has 0 saturated carbocycles. The van der Waals surface area contributed by atoms with Crippen LogP contribution in [0.1, 0.15) is 31.0 Å². The van der Waals surface area contributed by atoms with Crippen LogP contribution < -0.4 is 11.1 Å². The number of hydrogen-bond acceptors (Lipinski definition) is 4. The van der Waals surface area contributed by atoms with E-state index in [2.05, 4.69) is 5.32 Å². The summed E-state index contributed by atoms with van der Waals surface area (Å²) in [4.78, 5) is 24.8. The minimum Gasteiger partial charge on any atom is -0.466 e. The van der Waals surface area contributed by atoms with Gasteiger partial charge in [0.1, 0.15) is 0 Å². The van der Waals surface area contributed by atoms with E-state index in [0.717, 1.165) is 11.1 Å². The predicted octanol–water partition coefficient (Wildman–Crippen LogP) is 3.28. The third-order valence-electron chi connectivity index (χ3n) is 4.60. The number of ether oxygens (including phenoxy) is 1. The van der Waals surface area contributed by atoms with E-state index in [0.29, 0.717) is 13.0 Å². The molecule has 0 heterocycles. The van der Waals surface area contributed by atoms with E-state index < -0.39 is 17.9 Å². The van der Waals surface area contributed by atoms with Crippen molar-refractivity contribution in [2.24, 2.45) is 17.6 Å². The van der Waals surface area contributed by atoms with Gasteiger partial charge in [0.25, 0.3) is 0 Å². The van der Waals surface area contributed by atoms with E-state index in [-0.39, 0.29) is 30.8 Å². The summed E-state index contributed by atoms with van der Waals surface area (Å²) in [5.74, 6) is -1.32. The van der Waals surface area contributed by atoms with Gasteiger partial charge in [-0.25, -0.2) is 0 Å². The lowest BCUT2D eigenvalue weighted by Crippen LogP contribution is -2.40. The van der Waals surface area contributed by atoms with Crippen molar-refractivity contribution in [2.75, 3.05) is 13.2 Å². The molecular formula is C22H29ClN2O3. The number of nitrogens with one attached hydrogen (secondary N) is 1. The van der Waals surface area contributed by atoms with E-state index in [1.54, 1.807) is 13.8 Å². The third-order valence-corrected chi connectivity index (χ3v) is 4.60. The lowest BCUT2D eigenvalue weighted by molar-refractivity contribution is -0.148. The van der Waals surface area contributed by atoms with E-state index in [4.69, 9.17) is 10.5 Å². The Kier molecular flexibility index (Phi) is 10.3. The van der Waals surface area contributed by atoms with E-state index >= 15 is 0 Å². The van der Waals surface area contributed by atoms with Gasteiger partial charge >= 0.3 is 5.97 Å². The van der Waals surface area contributed by atoms with E-state index in [1.165, 1.54) is 0 Å². The second kappa shape index (κ2) is 12.2. The van der Waals surface area contributed by atoms with Crippen molar-refractivity contribution >= 4 is 24.3 Å². The molecule has 2 aromatic carbocycles. The Balaban J connectivity index is 0.00000392. The third kappa shape index (κ3) is 6.98. The first kappa shape index (κ1) is 23.7. The van der Waals surface area contributed by atoms with Gasteiger partial charge in [-0.1, -0.05) is 67.6 Å². The van der Waals surface area contributed by atoms with Crippen molar-refractivity contribution in [3.05, 3.63) is 71.8 Å². The molecule has 2 aromatic rings. The highest BCUT2D eigenvalue weighted by atomic mass is 35.5. The van der Waals surface area contributed by atoms with Gasteiger partial charge in [-0.2, -0.15) is 0 Å². The second-order valence-electron chi connectivity index (χ2n) is 6.61. The summed E-state index contributed by atoms with van der Waals surface area (Å²) >= 11 is 0. The lowest BCUT2D eigenvalue weighted by Gasteiger charge is -2.22. The molecule has 0 aromatic heterocycles. The first-order chi connectivity index (χ1) is 13.0. The molecule has 28 heavy (non-hydrogen) atoms. The van der Waals surface area contributed by atoms with Gasteiger partial charge in [0, 0.05) is 12.6 Å². The monoisotopic (exact) mass is 404 g/mol. The number of amides is 1. The van der Waals surface area contributed by atoms with Crippen LogP contribution in [0.25, 0.3) is 0 Å². The first-order valence-electron chi connectivity index (χ1n) is 9.31. The SMILES string of the molecule is CCOC(=O)C(CNC(=O)C(C)C(N)c1ccccc1)Cc1ccccc1.Cl. The van der Waals surface area contributed by atoms with Crippen molar-refractivity contribution in [1.82, 2.24) is 5.32 Å². The summed E-state index contributed by atoms with van der Waals surface area (Å²) < 4.78 is 5.17. The molecule has 152 valence electrons. The highest BCUT2D eigenvalue weighted by molar-refractivity contribution is 5.85. The molecule has 6 heteroatoms. The number of esters is 1. The standard InChI is InChI=1S/C22H28N2O3.ClH/c1-3-27-22(26)19(14-17-10-6-4-7-11-17)15-24-21(25)16(2)20(23)18-12-8-5-9-13-18;/h4-13,16,19-20H,3,14-15,23H2,1-2H3,(H,24,25);1H. The van der Waals surface area contributed by atoms with Crippen LogP contribution in [-0.4, -0.2) is 25.0 Å². The summed E-state index contributed by atoms with van der Waals surface area (Å²) in [5, 5.41) is 2.87. The molecule has 0 bridgehead atoms. The summed E-state index contributed by atoms with van der Waals surface area (Å²) in [7, 11) is 0. The van der Waals surface area contributed by atoms with Gasteiger partial charge < -0.3 is 15.8 Å². The molecular weight excluding hydrogens is 376 g/mol. The minimum atomic E-state index is -0.434. The van der Waals surface area contributed by atoms with Crippen molar-refractivity contribution in [2.45, 2.75) is 26.3 Å². The van der Waals surface area contributed by atoms with Crippen LogP contribution in [0.15, 0.2) is 60.7 Å². The van der Waals surface area contributed by atoms with Crippen molar-refractivity contribution in [3.8, 4) is 0 Å². The smallest absolute Gasteiger partial charge is 0.311 e. The average molecular weight is 405 g/mol. The van der Waals surface area contributed by atoms with Gasteiger partial charge in [-0.05, 0) is 24.5 Å². The molecule has 0 aliphatic rings. The highest BCUT2D eigenvalue weighted by Crippen LogP contribution is 2.19. The molecule has 0 aliphatic carbocycles. The van der Waals surface area contributed by atoms with Crippen LogP contribution in [0.4, 0.5) is 0 Å². The summed E-state index contributed by atoms with van der Waals surface area (Å²) in [5.41, 5.74) is 8.16. The lowest BCUT2D eigenvalue weighted by atomic mass is 9.94. The van der Waals surface area contributed by atoms with Crippen molar-refractivity contribution in [3.63, 3.8) is 0 Å². The Morgan fingerprint density at radius 3 is 2.18 bits per heavy atom. The van der Waals surface area contributed by atoms with Gasteiger partial charge in [0.2, 0.25) is 5.91 Å². The number of hydrogen-bond donors (Lipinski definition) is 2. The number of rotatable bonds is 9. The van der Waals surface area contributed by atoms with Crippen molar-refractivity contribution < 1.29 is 14.3 Å². The maximum Gasteiger partial charge on any atom is 0.311 e. The van der Waals surface area contributed by atoms with Crippen molar-refractivity contribution in [1.29, 1.82) is 0 Å². The van der Waals surface area contributed by atoms with Crippen LogP contribution in [0.5, 0.6) is 0 Å². The molecule has 0 saturated heterocycles. The number of nitrogens with two attached hydrogens (primary N) is 1. The second-order valence-corrected chi connectivity index (χ2v) is 6.61. The zero-order chi connectivity index (χ0) is 19.6. The molecule has 3 N–H and O–H groups in total. The predicted molar refractivity (Wildman–Crippen MR) is 113 cm³/mol. The van der Waals surface area contributed by atoms with Crippen LogP contribution in [-0.2, 0) is 20.7 Å². The fraction of sp³-hybridized carbons (Fsp3) is 0.364. The Hall–Kier alpha value is -2.37. The minimum absolute atomic E-state index is 0. The van der Waals surface area contributed by atoms with Crippen LogP contribution in [0.3, 0.4) is 0 Å². The van der Waals surface area contributed by atoms with Gasteiger partial charge in [0.05, 0.1) is 18.4 Å².